The number of hydrogen-bond acceptors (Lipinski definition) is 2. The first kappa shape index (κ1) is 17.9. The highest BCUT2D eigenvalue weighted by Gasteiger charge is 2.12. The lowest BCUT2D eigenvalue weighted by atomic mass is 10.1. The highest BCUT2D eigenvalue weighted by atomic mass is 32.1. The molecule has 1 aromatic carbocycles. The van der Waals surface area contributed by atoms with Gasteiger partial charge in [0, 0.05) is 25.3 Å². The van der Waals surface area contributed by atoms with Gasteiger partial charge in [0.05, 0.1) is 0 Å². The first-order chi connectivity index (χ1) is 9.92. The third kappa shape index (κ3) is 6.91. The third-order valence-corrected chi connectivity index (χ3v) is 3.66. The summed E-state index contributed by atoms with van der Waals surface area (Å²) in [4.78, 5) is 4.44. The van der Waals surface area contributed by atoms with Crippen LogP contribution in [0.1, 0.15) is 26.3 Å². The average molecular weight is 308 g/mol. The summed E-state index contributed by atoms with van der Waals surface area (Å²) in [6.45, 7) is 9.54. The van der Waals surface area contributed by atoms with Crippen molar-refractivity contribution in [3.05, 3.63) is 29.8 Å². The van der Waals surface area contributed by atoms with Gasteiger partial charge in [-0.15, -0.1) is 0 Å². The Hall–Kier alpha value is -1.13. The van der Waals surface area contributed by atoms with Crippen molar-refractivity contribution in [2.45, 2.75) is 27.2 Å². The van der Waals surface area contributed by atoms with Gasteiger partial charge in [0.25, 0.3) is 0 Å². The molecular weight excluding hydrogens is 278 g/mol. The molecule has 0 atom stereocenters. The zero-order valence-corrected chi connectivity index (χ0v) is 14.8. The first-order valence-corrected chi connectivity index (χ1v) is 8.12. The smallest absolute Gasteiger partial charge is 0.173 e. The van der Waals surface area contributed by atoms with Crippen LogP contribution in [0.2, 0.25) is 0 Å². The predicted molar refractivity (Wildman–Crippen MR) is 97.0 cm³/mol. The van der Waals surface area contributed by atoms with Gasteiger partial charge in [-0.1, -0.05) is 32.9 Å². The topological polar surface area (TPSA) is 18.5 Å². The fraction of sp³-hybridized carbons (Fsp3) is 0.588. The molecule has 4 heteroatoms. The largest absolute Gasteiger partial charge is 0.347 e. The van der Waals surface area contributed by atoms with Crippen LogP contribution >= 0.6 is 12.2 Å². The van der Waals surface area contributed by atoms with Gasteiger partial charge in [0.2, 0.25) is 0 Å². The summed E-state index contributed by atoms with van der Waals surface area (Å²) in [5.41, 5.74) is 2.41. The minimum Gasteiger partial charge on any atom is -0.347 e. The number of thiocarbonyl (C=S) groups is 1. The van der Waals surface area contributed by atoms with Crippen molar-refractivity contribution in [3.8, 4) is 0 Å². The maximum atomic E-state index is 5.59. The molecule has 0 spiro atoms. The van der Waals surface area contributed by atoms with E-state index in [1.807, 2.05) is 0 Å². The Balaban J connectivity index is 2.65. The minimum absolute atomic E-state index is 0.592. The molecule has 0 aromatic heterocycles. The lowest BCUT2D eigenvalue weighted by molar-refractivity contribution is 0.310. The lowest BCUT2D eigenvalue weighted by Gasteiger charge is -2.28. The highest BCUT2D eigenvalue weighted by molar-refractivity contribution is 7.80. The molecule has 0 aliphatic heterocycles. The molecule has 0 fully saturated rings. The number of anilines is 1. The van der Waals surface area contributed by atoms with Gasteiger partial charge < -0.3 is 15.1 Å². The number of hydrogen-bond donors (Lipinski definition) is 1. The Morgan fingerprint density at radius 3 is 2.24 bits per heavy atom. The Morgan fingerprint density at radius 2 is 1.76 bits per heavy atom. The Kier molecular flexibility index (Phi) is 7.68. The molecule has 1 N–H and O–H groups in total. The van der Waals surface area contributed by atoms with Crippen LogP contribution in [0.15, 0.2) is 24.3 Å². The molecule has 118 valence electrons. The average Bonchev–Trinajstić information content (AvgIpc) is 2.43. The maximum Gasteiger partial charge on any atom is 0.173 e. The van der Waals surface area contributed by atoms with Crippen molar-refractivity contribution in [1.82, 2.24) is 9.80 Å². The van der Waals surface area contributed by atoms with E-state index in [0.29, 0.717) is 5.92 Å². The van der Waals surface area contributed by atoms with E-state index in [0.717, 1.165) is 36.9 Å². The molecule has 0 radical (unpaired) electrons. The molecule has 0 bridgehead atoms. The van der Waals surface area contributed by atoms with Gasteiger partial charge in [0.15, 0.2) is 5.11 Å². The van der Waals surface area contributed by atoms with Crippen molar-refractivity contribution in [1.29, 1.82) is 0 Å². The molecule has 1 aromatic rings. The normalized spacial score (nSPS) is 11.0. The van der Waals surface area contributed by atoms with E-state index in [-0.39, 0.29) is 0 Å². The van der Waals surface area contributed by atoms with E-state index in [9.17, 15) is 0 Å². The van der Waals surface area contributed by atoms with Gasteiger partial charge in [-0.3, -0.25) is 0 Å². The molecular formula is C17H29N3S. The number of nitrogens with one attached hydrogen (secondary N) is 1. The van der Waals surface area contributed by atoms with E-state index in [1.54, 1.807) is 0 Å². The molecule has 3 nitrogen and oxygen atoms in total. The summed E-state index contributed by atoms with van der Waals surface area (Å²) in [5.74, 6) is 0.592. The second-order valence-electron chi connectivity index (χ2n) is 6.12. The van der Waals surface area contributed by atoms with Crippen LogP contribution < -0.4 is 5.32 Å². The van der Waals surface area contributed by atoms with E-state index in [4.69, 9.17) is 12.2 Å². The van der Waals surface area contributed by atoms with Crippen molar-refractivity contribution >= 4 is 23.0 Å². The summed E-state index contributed by atoms with van der Waals surface area (Å²) in [6, 6.07) is 8.50. The first-order valence-electron chi connectivity index (χ1n) is 7.72. The maximum absolute atomic E-state index is 5.59. The molecule has 21 heavy (non-hydrogen) atoms. The van der Waals surface area contributed by atoms with E-state index < -0.39 is 0 Å². The van der Waals surface area contributed by atoms with Gasteiger partial charge in [-0.05, 0) is 56.3 Å². The van der Waals surface area contributed by atoms with Crippen molar-refractivity contribution in [3.63, 3.8) is 0 Å². The standard InChI is InChI=1S/C17H29N3S/c1-6-15-7-9-16(10-8-15)18-17(21)20(13-14(2)3)12-11-19(4)5/h7-10,14H,6,11-13H2,1-5H3,(H,18,21). The summed E-state index contributed by atoms with van der Waals surface area (Å²) < 4.78 is 0. The van der Waals surface area contributed by atoms with Gasteiger partial charge >= 0.3 is 0 Å². The molecule has 0 aliphatic rings. The number of rotatable bonds is 7. The van der Waals surface area contributed by atoms with Gasteiger partial charge in [-0.25, -0.2) is 0 Å². The molecule has 0 heterocycles. The number of nitrogens with zero attached hydrogens (tertiary/aromatic N) is 2. The monoisotopic (exact) mass is 307 g/mol. The fourth-order valence-corrected chi connectivity index (χ4v) is 2.35. The van der Waals surface area contributed by atoms with Crippen molar-refractivity contribution in [2.75, 3.05) is 39.0 Å². The third-order valence-electron chi connectivity index (χ3n) is 3.30. The Bertz CT molecular complexity index is 426. The van der Waals surface area contributed by atoms with E-state index in [2.05, 4.69) is 74.2 Å². The van der Waals surface area contributed by atoms with Crippen LogP contribution in [0, 0.1) is 5.92 Å². The second kappa shape index (κ2) is 9.00. The summed E-state index contributed by atoms with van der Waals surface area (Å²) in [6.07, 6.45) is 1.06. The van der Waals surface area contributed by atoms with Crippen LogP contribution in [-0.2, 0) is 6.42 Å². The second-order valence-corrected chi connectivity index (χ2v) is 6.51. The zero-order chi connectivity index (χ0) is 15.8. The summed E-state index contributed by atoms with van der Waals surface area (Å²) in [5, 5.41) is 4.18. The predicted octanol–water partition coefficient (Wildman–Crippen LogP) is 3.47. The molecule has 0 saturated heterocycles. The number of benzene rings is 1. The zero-order valence-electron chi connectivity index (χ0n) is 14.0. The SMILES string of the molecule is CCc1ccc(NC(=S)N(CCN(C)C)CC(C)C)cc1. The highest BCUT2D eigenvalue weighted by Crippen LogP contribution is 2.11. The fourth-order valence-electron chi connectivity index (χ4n) is 2.06. The van der Waals surface area contributed by atoms with Crippen molar-refractivity contribution < 1.29 is 0 Å². The number of aryl methyl sites for hydroxylation is 1. The summed E-state index contributed by atoms with van der Waals surface area (Å²) in [7, 11) is 4.18. The molecule has 0 saturated carbocycles. The molecule has 0 amide bonds. The quantitative estimate of drug-likeness (QED) is 0.777. The van der Waals surface area contributed by atoms with Crippen molar-refractivity contribution in [2.24, 2.45) is 5.92 Å². The van der Waals surface area contributed by atoms with Crippen LogP contribution in [0.25, 0.3) is 0 Å². The van der Waals surface area contributed by atoms with Crippen LogP contribution in [0.5, 0.6) is 0 Å². The van der Waals surface area contributed by atoms with Gasteiger partial charge in [0.1, 0.15) is 0 Å². The number of likely N-dealkylation sites (N-methyl/N-ethyl adjacent to an activating group) is 1. The summed E-state index contributed by atoms with van der Waals surface area (Å²) >= 11 is 5.59. The molecule has 1 rings (SSSR count). The van der Waals surface area contributed by atoms with E-state index >= 15 is 0 Å². The minimum atomic E-state index is 0.592. The van der Waals surface area contributed by atoms with Crippen LogP contribution in [-0.4, -0.2) is 48.6 Å². The van der Waals surface area contributed by atoms with Crippen LogP contribution in [0.3, 0.4) is 0 Å². The van der Waals surface area contributed by atoms with Crippen LogP contribution in [0.4, 0.5) is 5.69 Å². The molecule has 0 aliphatic carbocycles. The Labute approximate surface area is 135 Å². The van der Waals surface area contributed by atoms with E-state index in [1.165, 1.54) is 5.56 Å². The Morgan fingerprint density at radius 1 is 1.14 bits per heavy atom. The lowest BCUT2D eigenvalue weighted by Crippen LogP contribution is -2.41. The van der Waals surface area contributed by atoms with Gasteiger partial charge in [-0.2, -0.15) is 0 Å². The molecule has 0 unspecified atom stereocenters.